The van der Waals surface area contributed by atoms with Crippen LogP contribution >= 0.6 is 31.9 Å². The maximum atomic E-state index is 9.00. The summed E-state index contributed by atoms with van der Waals surface area (Å²) in [5.41, 5.74) is 0. The molecule has 25 heavy (non-hydrogen) atoms. The van der Waals surface area contributed by atoms with Gasteiger partial charge in [0.15, 0.2) is 12.6 Å². The summed E-state index contributed by atoms with van der Waals surface area (Å²) in [4.78, 5) is 9.00. The number of alkyl halides is 2. The van der Waals surface area contributed by atoms with E-state index in [1.807, 2.05) is 12.1 Å². The molecule has 0 aliphatic carbocycles. The molecule has 0 spiro atoms. The number of ether oxygens (including phenoxy) is 3. The average molecular weight is 489 g/mol. The molecular weight excluding hydrogens is 458 g/mol. The Kier molecular flexibility index (Phi) is 21.4. The number of carbonyl (C=O) groups is 1. The molecule has 0 amide bonds. The number of aromatic nitrogens is 1. The highest BCUT2D eigenvalue weighted by atomic mass is 79.9. The van der Waals surface area contributed by atoms with Crippen molar-refractivity contribution in [2.24, 2.45) is 0 Å². The van der Waals surface area contributed by atoms with Gasteiger partial charge in [-0.1, -0.05) is 38.8 Å². The minimum atomic E-state index is -0.833. The second-order valence-electron chi connectivity index (χ2n) is 4.86. The van der Waals surface area contributed by atoms with Crippen LogP contribution in [0.3, 0.4) is 0 Å². The Morgan fingerprint density at radius 2 is 1.56 bits per heavy atom. The number of aryl methyl sites for hydroxylation is 1. The standard InChI is InChI=1S/C6H8BrN.C6H12O3.C3H7Br.C2H4O2/c7-3-6-8-4-1-2-5-8;1-7-5-3-4-6(8-2)9-5;1-2-3-4;1-2(3)4/h1-2,4-5H,3,6H2;5-6H,3-4H2,1-2H3;2-3H2,1H3;1H3,(H,3,4). The number of rotatable bonds is 5. The number of halogens is 2. The average Bonchev–Trinajstić information content (AvgIpc) is 3.26. The monoisotopic (exact) mass is 487 g/mol. The first-order valence-electron chi connectivity index (χ1n) is 8.08. The summed E-state index contributed by atoms with van der Waals surface area (Å²) in [5.74, 6) is -0.833. The Bertz CT molecular complexity index is 374. The third kappa shape index (κ3) is 19.8. The molecule has 1 N–H and O–H groups in total. The number of carboxylic acids is 1. The maximum Gasteiger partial charge on any atom is 0.300 e. The van der Waals surface area contributed by atoms with Crippen LogP contribution in [0.15, 0.2) is 24.5 Å². The molecule has 1 aliphatic heterocycles. The first-order valence-corrected chi connectivity index (χ1v) is 10.3. The zero-order chi connectivity index (χ0) is 19.5. The van der Waals surface area contributed by atoms with E-state index in [-0.39, 0.29) is 12.6 Å². The summed E-state index contributed by atoms with van der Waals surface area (Å²) in [6, 6.07) is 4.06. The normalized spacial score (nSPS) is 18.0. The lowest BCUT2D eigenvalue weighted by molar-refractivity contribution is -0.185. The van der Waals surface area contributed by atoms with Crippen molar-refractivity contribution in [2.45, 2.75) is 52.2 Å². The van der Waals surface area contributed by atoms with Gasteiger partial charge in [0.25, 0.3) is 5.97 Å². The molecule has 1 fully saturated rings. The molecule has 1 aromatic rings. The van der Waals surface area contributed by atoms with Gasteiger partial charge >= 0.3 is 0 Å². The lowest BCUT2D eigenvalue weighted by Gasteiger charge is -2.09. The van der Waals surface area contributed by atoms with Gasteiger partial charge in [-0.25, -0.2) is 0 Å². The number of carboxylic acid groups (broad SMARTS) is 1. The van der Waals surface area contributed by atoms with Crippen molar-refractivity contribution in [3.05, 3.63) is 24.5 Å². The van der Waals surface area contributed by atoms with Crippen molar-refractivity contribution in [3.63, 3.8) is 0 Å². The van der Waals surface area contributed by atoms with E-state index in [1.54, 1.807) is 14.2 Å². The first-order chi connectivity index (χ1) is 11.9. The van der Waals surface area contributed by atoms with Crippen LogP contribution < -0.4 is 0 Å². The minimum Gasteiger partial charge on any atom is -0.481 e. The highest BCUT2D eigenvalue weighted by Crippen LogP contribution is 2.19. The maximum absolute atomic E-state index is 9.00. The highest BCUT2D eigenvalue weighted by Gasteiger charge is 2.23. The van der Waals surface area contributed by atoms with Crippen molar-refractivity contribution >= 4 is 37.8 Å². The fourth-order valence-electron chi connectivity index (χ4n) is 1.54. The highest BCUT2D eigenvalue weighted by molar-refractivity contribution is 9.09. The first kappa shape index (κ1) is 26.8. The Hall–Kier alpha value is -0.410. The summed E-state index contributed by atoms with van der Waals surface area (Å²) < 4.78 is 17.2. The molecule has 6 nitrogen and oxygen atoms in total. The molecule has 0 saturated carbocycles. The van der Waals surface area contributed by atoms with Gasteiger partial charge in [-0.3, -0.25) is 4.79 Å². The lowest BCUT2D eigenvalue weighted by Crippen LogP contribution is -2.13. The SMILES string of the molecule is BrCCn1cccc1.CC(=O)O.CCCBr.COC1CCC(OC)O1. The van der Waals surface area contributed by atoms with Gasteiger partial charge in [0.2, 0.25) is 0 Å². The van der Waals surface area contributed by atoms with E-state index in [1.165, 1.54) is 6.42 Å². The Morgan fingerprint density at radius 1 is 1.16 bits per heavy atom. The third-order valence-corrected chi connectivity index (χ3v) is 3.81. The summed E-state index contributed by atoms with van der Waals surface area (Å²) in [7, 11) is 3.28. The van der Waals surface area contributed by atoms with Crippen molar-refractivity contribution in [1.29, 1.82) is 0 Å². The molecule has 0 bridgehead atoms. The topological polar surface area (TPSA) is 69.9 Å². The van der Waals surface area contributed by atoms with E-state index < -0.39 is 5.97 Å². The number of hydrogen-bond donors (Lipinski definition) is 1. The third-order valence-electron chi connectivity index (χ3n) is 2.67. The van der Waals surface area contributed by atoms with Gasteiger partial charge in [-0.15, -0.1) is 0 Å². The second kappa shape index (κ2) is 19.9. The second-order valence-corrected chi connectivity index (χ2v) is 6.45. The van der Waals surface area contributed by atoms with Gasteiger partial charge in [0.05, 0.1) is 0 Å². The molecular formula is C17H31Br2NO5. The van der Waals surface area contributed by atoms with E-state index in [0.717, 1.165) is 37.0 Å². The van der Waals surface area contributed by atoms with Crippen LogP contribution in [0.25, 0.3) is 0 Å². The van der Waals surface area contributed by atoms with Crippen molar-refractivity contribution in [3.8, 4) is 0 Å². The summed E-state index contributed by atoms with van der Waals surface area (Å²) in [6.07, 6.45) is 7.14. The zero-order valence-corrected chi connectivity index (χ0v) is 18.7. The molecule has 1 aromatic heterocycles. The molecule has 2 unspecified atom stereocenters. The summed E-state index contributed by atoms with van der Waals surface area (Å²) >= 11 is 6.60. The van der Waals surface area contributed by atoms with Crippen LogP contribution in [0.4, 0.5) is 0 Å². The lowest BCUT2D eigenvalue weighted by atomic mass is 10.3. The van der Waals surface area contributed by atoms with Gasteiger partial charge < -0.3 is 23.9 Å². The van der Waals surface area contributed by atoms with Crippen LogP contribution in [0.2, 0.25) is 0 Å². The van der Waals surface area contributed by atoms with Crippen LogP contribution in [-0.4, -0.2) is 53.1 Å². The molecule has 0 radical (unpaired) electrons. The quantitative estimate of drug-likeness (QED) is 0.617. The fourth-order valence-corrected chi connectivity index (χ4v) is 1.95. The van der Waals surface area contributed by atoms with Crippen LogP contribution in [0.5, 0.6) is 0 Å². The van der Waals surface area contributed by atoms with Crippen molar-refractivity contribution < 1.29 is 24.1 Å². The Morgan fingerprint density at radius 3 is 1.80 bits per heavy atom. The summed E-state index contributed by atoms with van der Waals surface area (Å²) in [6.45, 7) is 4.28. The summed E-state index contributed by atoms with van der Waals surface area (Å²) in [5, 5.41) is 9.58. The van der Waals surface area contributed by atoms with Gasteiger partial charge in [0.1, 0.15) is 0 Å². The number of aliphatic carboxylic acids is 1. The van der Waals surface area contributed by atoms with Crippen LogP contribution in [-0.2, 0) is 25.5 Å². The van der Waals surface area contributed by atoms with Gasteiger partial charge in [-0.05, 0) is 18.6 Å². The molecule has 2 atom stereocenters. The Balaban J connectivity index is 0. The van der Waals surface area contributed by atoms with Crippen molar-refractivity contribution in [1.82, 2.24) is 4.57 Å². The molecule has 1 saturated heterocycles. The van der Waals surface area contributed by atoms with E-state index in [4.69, 9.17) is 24.1 Å². The number of nitrogens with zero attached hydrogens (tertiary/aromatic N) is 1. The number of hydrogen-bond acceptors (Lipinski definition) is 4. The zero-order valence-electron chi connectivity index (χ0n) is 15.5. The molecule has 2 rings (SSSR count). The van der Waals surface area contributed by atoms with Crippen LogP contribution in [0, 0.1) is 0 Å². The van der Waals surface area contributed by atoms with E-state index in [2.05, 4.69) is 55.7 Å². The number of methoxy groups -OCH3 is 2. The minimum absolute atomic E-state index is 0.0463. The van der Waals surface area contributed by atoms with E-state index >= 15 is 0 Å². The molecule has 2 heterocycles. The molecule has 148 valence electrons. The molecule has 0 aromatic carbocycles. The van der Waals surface area contributed by atoms with Gasteiger partial charge in [0, 0.05) is 63.6 Å². The van der Waals surface area contributed by atoms with Crippen LogP contribution in [0.1, 0.15) is 33.1 Å². The predicted molar refractivity (Wildman–Crippen MR) is 108 cm³/mol. The van der Waals surface area contributed by atoms with E-state index in [9.17, 15) is 0 Å². The predicted octanol–water partition coefficient (Wildman–Crippen LogP) is 4.51. The smallest absolute Gasteiger partial charge is 0.300 e. The van der Waals surface area contributed by atoms with Crippen molar-refractivity contribution in [2.75, 3.05) is 24.9 Å². The Labute approximate surface area is 168 Å². The molecule has 8 heteroatoms. The molecule has 1 aliphatic rings. The van der Waals surface area contributed by atoms with E-state index in [0.29, 0.717) is 0 Å². The fraction of sp³-hybridized carbons (Fsp3) is 0.706. The van der Waals surface area contributed by atoms with Gasteiger partial charge in [-0.2, -0.15) is 0 Å². The largest absolute Gasteiger partial charge is 0.481 e.